The third-order valence-corrected chi connectivity index (χ3v) is 2.99. The number of rotatable bonds is 12. The van der Waals surface area contributed by atoms with Gasteiger partial charge in [-0.3, -0.25) is 4.39 Å². The summed E-state index contributed by atoms with van der Waals surface area (Å²) < 4.78 is 11.8. The van der Waals surface area contributed by atoms with Crippen molar-refractivity contribution < 1.29 is 4.39 Å². The van der Waals surface area contributed by atoms with E-state index in [1.54, 1.807) is 0 Å². The lowest BCUT2D eigenvalue weighted by molar-refractivity contribution is 0.448. The Morgan fingerprint density at radius 2 is 0.875 bits per heavy atom. The minimum absolute atomic E-state index is 0. The van der Waals surface area contributed by atoms with Crippen LogP contribution in [0, 0.1) is 0 Å². The third-order valence-electron chi connectivity index (χ3n) is 2.99. The Morgan fingerprint density at radius 1 is 0.562 bits per heavy atom. The van der Waals surface area contributed by atoms with Crippen molar-refractivity contribution >= 4 is 0 Å². The van der Waals surface area contributed by atoms with Gasteiger partial charge in [-0.05, 0) is 6.42 Å². The largest absolute Gasteiger partial charge is 0.344 e. The van der Waals surface area contributed by atoms with E-state index in [0.717, 1.165) is 12.8 Å². The lowest BCUT2D eigenvalue weighted by Gasteiger charge is -2.01. The molecule has 0 aromatic carbocycles. The van der Waals surface area contributed by atoms with Gasteiger partial charge in [-0.1, -0.05) is 77.6 Å². The fourth-order valence-corrected chi connectivity index (χ4v) is 1.94. The smallest absolute Gasteiger partial charge is 0.0894 e. The lowest BCUT2D eigenvalue weighted by Crippen LogP contribution is -1.83. The van der Waals surface area contributed by atoms with Crippen LogP contribution in [0.15, 0.2) is 0 Å². The van der Waals surface area contributed by atoms with Crippen molar-refractivity contribution in [2.45, 2.75) is 84.0 Å². The van der Waals surface area contributed by atoms with Gasteiger partial charge < -0.3 is 6.15 Å². The first-order valence-corrected chi connectivity index (χ1v) is 6.97. The van der Waals surface area contributed by atoms with Crippen molar-refractivity contribution in [3.8, 4) is 0 Å². The maximum atomic E-state index is 11.8. The van der Waals surface area contributed by atoms with E-state index in [1.807, 2.05) is 0 Å². The van der Waals surface area contributed by atoms with E-state index < -0.39 is 0 Å². The molecule has 0 radical (unpaired) electrons. The molecule has 0 atom stereocenters. The molecule has 0 aliphatic carbocycles. The Kier molecular flexibility index (Phi) is 19.7. The van der Waals surface area contributed by atoms with E-state index in [4.69, 9.17) is 0 Å². The van der Waals surface area contributed by atoms with Crippen LogP contribution < -0.4 is 6.15 Å². The molecule has 0 spiro atoms. The first kappa shape index (κ1) is 18.3. The van der Waals surface area contributed by atoms with Gasteiger partial charge in [0.2, 0.25) is 0 Å². The standard InChI is InChI=1S/C14H29F.H3N/c1-2-3-4-5-6-7-8-9-10-11-12-13-14-15;/h2-14H2,1H3;1H3. The van der Waals surface area contributed by atoms with Crippen molar-refractivity contribution in [1.29, 1.82) is 0 Å². The van der Waals surface area contributed by atoms with Crippen molar-refractivity contribution in [1.82, 2.24) is 6.15 Å². The summed E-state index contributed by atoms with van der Waals surface area (Å²) in [5.74, 6) is 0. The van der Waals surface area contributed by atoms with Gasteiger partial charge in [0, 0.05) is 0 Å². The highest BCUT2D eigenvalue weighted by atomic mass is 19.1. The first-order valence-electron chi connectivity index (χ1n) is 6.97. The highest BCUT2D eigenvalue weighted by molar-refractivity contribution is 4.48. The molecule has 0 bridgehead atoms. The zero-order valence-corrected chi connectivity index (χ0v) is 11.3. The summed E-state index contributed by atoms with van der Waals surface area (Å²) in [7, 11) is 0. The maximum Gasteiger partial charge on any atom is 0.0894 e. The number of hydrogen-bond donors (Lipinski definition) is 1. The van der Waals surface area contributed by atoms with E-state index >= 15 is 0 Å². The molecule has 0 amide bonds. The summed E-state index contributed by atoms with van der Waals surface area (Å²) in [5.41, 5.74) is 0. The number of alkyl halides is 1. The summed E-state index contributed by atoms with van der Waals surface area (Å²) >= 11 is 0. The third kappa shape index (κ3) is 16.3. The Hall–Kier alpha value is -0.110. The Bertz CT molecular complexity index is 94.9. The van der Waals surface area contributed by atoms with Gasteiger partial charge in [0.15, 0.2) is 0 Å². The summed E-state index contributed by atoms with van der Waals surface area (Å²) in [6.07, 6.45) is 15.6. The molecule has 0 aliphatic rings. The molecule has 100 valence electrons. The van der Waals surface area contributed by atoms with Gasteiger partial charge in [-0.15, -0.1) is 0 Å². The molecule has 0 saturated heterocycles. The molecule has 16 heavy (non-hydrogen) atoms. The summed E-state index contributed by atoms with van der Waals surface area (Å²) in [6, 6.07) is 0. The zero-order valence-electron chi connectivity index (χ0n) is 11.3. The monoisotopic (exact) mass is 233 g/mol. The number of hydrogen-bond acceptors (Lipinski definition) is 1. The van der Waals surface area contributed by atoms with E-state index in [2.05, 4.69) is 6.92 Å². The molecule has 3 N–H and O–H groups in total. The summed E-state index contributed by atoms with van der Waals surface area (Å²) in [6.45, 7) is 2.13. The molecule has 0 aromatic rings. The quantitative estimate of drug-likeness (QED) is 0.423. The van der Waals surface area contributed by atoms with E-state index in [9.17, 15) is 4.39 Å². The summed E-state index contributed by atoms with van der Waals surface area (Å²) in [4.78, 5) is 0. The normalized spacial score (nSPS) is 10.1. The van der Waals surface area contributed by atoms with Crippen LogP contribution in [0.5, 0.6) is 0 Å². The first-order chi connectivity index (χ1) is 7.41. The second kappa shape index (κ2) is 17.3. The van der Waals surface area contributed by atoms with Crippen molar-refractivity contribution in [3.05, 3.63) is 0 Å². The van der Waals surface area contributed by atoms with E-state index in [1.165, 1.54) is 64.2 Å². The SMILES string of the molecule is CCCCCCCCCCCCCCF.N. The second-order valence-electron chi connectivity index (χ2n) is 4.58. The predicted octanol–water partition coefficient (Wildman–Crippen LogP) is 5.82. The lowest BCUT2D eigenvalue weighted by atomic mass is 10.1. The Labute approximate surface area is 102 Å². The molecule has 1 nitrogen and oxygen atoms in total. The van der Waals surface area contributed by atoms with Crippen LogP contribution in [0.2, 0.25) is 0 Å². The second-order valence-corrected chi connectivity index (χ2v) is 4.58. The minimum atomic E-state index is -0.128. The van der Waals surface area contributed by atoms with Crippen molar-refractivity contribution in [3.63, 3.8) is 0 Å². The molecule has 0 fully saturated rings. The van der Waals surface area contributed by atoms with Crippen LogP contribution in [-0.4, -0.2) is 6.67 Å². The van der Waals surface area contributed by atoms with Crippen LogP contribution in [0.3, 0.4) is 0 Å². The van der Waals surface area contributed by atoms with Crippen LogP contribution in [0.25, 0.3) is 0 Å². The van der Waals surface area contributed by atoms with Crippen molar-refractivity contribution in [2.75, 3.05) is 6.67 Å². The molecular formula is C14H32FN. The number of unbranched alkanes of at least 4 members (excludes halogenated alkanes) is 11. The Morgan fingerprint density at radius 3 is 1.19 bits per heavy atom. The fourth-order valence-electron chi connectivity index (χ4n) is 1.94. The topological polar surface area (TPSA) is 35.0 Å². The van der Waals surface area contributed by atoms with Gasteiger partial charge >= 0.3 is 0 Å². The van der Waals surface area contributed by atoms with Gasteiger partial charge in [0.25, 0.3) is 0 Å². The van der Waals surface area contributed by atoms with Gasteiger partial charge in [-0.25, -0.2) is 0 Å². The predicted molar refractivity (Wildman–Crippen MR) is 72.1 cm³/mol. The molecule has 0 aliphatic heterocycles. The van der Waals surface area contributed by atoms with E-state index in [-0.39, 0.29) is 12.8 Å². The minimum Gasteiger partial charge on any atom is -0.344 e. The Balaban J connectivity index is 0. The van der Waals surface area contributed by atoms with Crippen LogP contribution in [0.4, 0.5) is 4.39 Å². The van der Waals surface area contributed by atoms with Gasteiger partial charge in [0.05, 0.1) is 6.67 Å². The van der Waals surface area contributed by atoms with E-state index in [0.29, 0.717) is 0 Å². The summed E-state index contributed by atoms with van der Waals surface area (Å²) in [5, 5.41) is 0. The molecule has 0 saturated carbocycles. The fraction of sp³-hybridized carbons (Fsp3) is 1.00. The van der Waals surface area contributed by atoms with Crippen LogP contribution in [0.1, 0.15) is 84.0 Å². The average molecular weight is 233 g/mol. The highest BCUT2D eigenvalue weighted by Gasteiger charge is 1.92. The van der Waals surface area contributed by atoms with Crippen LogP contribution in [-0.2, 0) is 0 Å². The molecule has 0 heterocycles. The highest BCUT2D eigenvalue weighted by Crippen LogP contribution is 2.11. The zero-order chi connectivity index (χ0) is 11.2. The maximum absolute atomic E-state index is 11.8. The molecule has 0 aromatic heterocycles. The van der Waals surface area contributed by atoms with Gasteiger partial charge in [0.1, 0.15) is 0 Å². The number of halogens is 1. The van der Waals surface area contributed by atoms with Crippen molar-refractivity contribution in [2.24, 2.45) is 0 Å². The molecule has 0 rings (SSSR count). The molecular weight excluding hydrogens is 201 g/mol. The molecule has 0 unspecified atom stereocenters. The average Bonchev–Trinajstić information content (AvgIpc) is 2.26. The van der Waals surface area contributed by atoms with Crippen LogP contribution >= 0.6 is 0 Å². The van der Waals surface area contributed by atoms with Gasteiger partial charge in [-0.2, -0.15) is 0 Å². The molecule has 2 heteroatoms.